The molecule has 0 aromatic carbocycles. The zero-order chi connectivity index (χ0) is 11.1. The quantitative estimate of drug-likeness (QED) is 0.720. The van der Waals surface area contributed by atoms with E-state index in [1.807, 2.05) is 0 Å². The molecule has 0 spiro atoms. The molecule has 0 bridgehead atoms. The SMILES string of the molecule is NC1COCc2nc(C(F)(F)F)ccc21. The summed E-state index contributed by atoms with van der Waals surface area (Å²) < 4.78 is 42.0. The Kier molecular flexibility index (Phi) is 2.40. The molecule has 1 aliphatic heterocycles. The lowest BCUT2D eigenvalue weighted by Gasteiger charge is -2.22. The molecule has 0 fully saturated rings. The number of alkyl halides is 3. The fourth-order valence-electron chi connectivity index (χ4n) is 1.50. The van der Waals surface area contributed by atoms with E-state index in [0.29, 0.717) is 12.2 Å². The summed E-state index contributed by atoms with van der Waals surface area (Å²) in [6.07, 6.45) is -4.42. The Bertz CT molecular complexity index is 378. The number of nitrogens with zero attached hydrogens (tertiary/aromatic N) is 1. The molecule has 82 valence electrons. The molecular weight excluding hydrogens is 209 g/mol. The van der Waals surface area contributed by atoms with Crippen LogP contribution in [0.25, 0.3) is 0 Å². The summed E-state index contributed by atoms with van der Waals surface area (Å²) in [5.74, 6) is 0. The fourth-order valence-corrected chi connectivity index (χ4v) is 1.50. The van der Waals surface area contributed by atoms with Crippen LogP contribution >= 0.6 is 0 Å². The molecule has 2 rings (SSSR count). The van der Waals surface area contributed by atoms with Crippen molar-refractivity contribution in [3.63, 3.8) is 0 Å². The Morgan fingerprint density at radius 2 is 2.13 bits per heavy atom. The van der Waals surface area contributed by atoms with Gasteiger partial charge in [-0.2, -0.15) is 13.2 Å². The first-order valence-electron chi connectivity index (χ1n) is 4.39. The van der Waals surface area contributed by atoms with Gasteiger partial charge in [0.15, 0.2) is 0 Å². The molecule has 2 N–H and O–H groups in total. The summed E-state index contributed by atoms with van der Waals surface area (Å²) in [5, 5.41) is 0. The lowest BCUT2D eigenvalue weighted by Crippen LogP contribution is -2.25. The van der Waals surface area contributed by atoms with Gasteiger partial charge in [0.05, 0.1) is 24.9 Å². The Morgan fingerprint density at radius 3 is 2.80 bits per heavy atom. The number of hydrogen-bond donors (Lipinski definition) is 1. The topological polar surface area (TPSA) is 48.1 Å². The van der Waals surface area contributed by atoms with Gasteiger partial charge in [-0.25, -0.2) is 4.98 Å². The van der Waals surface area contributed by atoms with E-state index in [-0.39, 0.29) is 18.3 Å². The highest BCUT2D eigenvalue weighted by molar-refractivity contribution is 5.28. The van der Waals surface area contributed by atoms with Crippen molar-refractivity contribution in [1.29, 1.82) is 0 Å². The highest BCUT2D eigenvalue weighted by atomic mass is 19.4. The van der Waals surface area contributed by atoms with E-state index in [1.54, 1.807) is 0 Å². The molecule has 3 nitrogen and oxygen atoms in total. The van der Waals surface area contributed by atoms with Crippen LogP contribution < -0.4 is 5.73 Å². The Hall–Kier alpha value is -1.14. The van der Waals surface area contributed by atoms with Gasteiger partial charge < -0.3 is 10.5 Å². The van der Waals surface area contributed by atoms with Crippen molar-refractivity contribution >= 4 is 0 Å². The minimum absolute atomic E-state index is 0.0902. The van der Waals surface area contributed by atoms with Crippen molar-refractivity contribution in [2.24, 2.45) is 5.73 Å². The highest BCUT2D eigenvalue weighted by Crippen LogP contribution is 2.30. The monoisotopic (exact) mass is 218 g/mol. The van der Waals surface area contributed by atoms with E-state index in [4.69, 9.17) is 10.5 Å². The molecule has 1 aliphatic rings. The number of pyridine rings is 1. The maximum absolute atomic E-state index is 12.3. The standard InChI is InChI=1S/C9H9F3N2O/c10-9(11,12)8-2-1-5-6(13)3-15-4-7(5)14-8/h1-2,6H,3-4,13H2. The van der Waals surface area contributed by atoms with E-state index in [1.165, 1.54) is 6.07 Å². The molecule has 0 radical (unpaired) electrons. The molecule has 0 amide bonds. The van der Waals surface area contributed by atoms with Crippen LogP contribution in [0.3, 0.4) is 0 Å². The minimum Gasteiger partial charge on any atom is -0.373 e. The first-order valence-corrected chi connectivity index (χ1v) is 4.39. The number of fused-ring (bicyclic) bond motifs is 1. The maximum Gasteiger partial charge on any atom is 0.433 e. The normalized spacial score (nSPS) is 21.2. The van der Waals surface area contributed by atoms with Crippen molar-refractivity contribution < 1.29 is 17.9 Å². The lowest BCUT2D eigenvalue weighted by molar-refractivity contribution is -0.141. The predicted octanol–water partition coefficient (Wildman–Crippen LogP) is 1.63. The number of rotatable bonds is 0. The molecule has 2 heterocycles. The van der Waals surface area contributed by atoms with Crippen LogP contribution in [0.5, 0.6) is 0 Å². The van der Waals surface area contributed by atoms with Crippen LogP contribution in [-0.4, -0.2) is 11.6 Å². The molecule has 0 saturated carbocycles. The van der Waals surface area contributed by atoms with E-state index in [0.717, 1.165) is 6.07 Å². The molecule has 1 unspecified atom stereocenters. The van der Waals surface area contributed by atoms with Gasteiger partial charge in [0, 0.05) is 0 Å². The molecule has 0 aliphatic carbocycles. The van der Waals surface area contributed by atoms with Gasteiger partial charge in [-0.15, -0.1) is 0 Å². The van der Waals surface area contributed by atoms with Crippen molar-refractivity contribution in [2.75, 3.05) is 6.61 Å². The zero-order valence-corrected chi connectivity index (χ0v) is 7.71. The van der Waals surface area contributed by atoms with Crippen molar-refractivity contribution in [3.8, 4) is 0 Å². The second-order valence-corrected chi connectivity index (χ2v) is 3.35. The van der Waals surface area contributed by atoms with Gasteiger partial charge in [-0.05, 0) is 11.6 Å². The van der Waals surface area contributed by atoms with Crippen LogP contribution in [-0.2, 0) is 17.5 Å². The van der Waals surface area contributed by atoms with Gasteiger partial charge in [-0.1, -0.05) is 6.07 Å². The van der Waals surface area contributed by atoms with Crippen molar-refractivity contribution in [3.05, 3.63) is 29.1 Å². The van der Waals surface area contributed by atoms with Gasteiger partial charge >= 0.3 is 6.18 Å². The first kappa shape index (κ1) is 10.4. The van der Waals surface area contributed by atoms with Gasteiger partial charge in [0.2, 0.25) is 0 Å². The van der Waals surface area contributed by atoms with Gasteiger partial charge in [0.25, 0.3) is 0 Å². The Labute approximate surface area is 84.1 Å². The van der Waals surface area contributed by atoms with Gasteiger partial charge in [-0.3, -0.25) is 0 Å². The third-order valence-electron chi connectivity index (χ3n) is 2.24. The van der Waals surface area contributed by atoms with Crippen LogP contribution in [0.4, 0.5) is 13.2 Å². The van der Waals surface area contributed by atoms with Crippen LogP contribution in [0.2, 0.25) is 0 Å². The Morgan fingerprint density at radius 1 is 1.40 bits per heavy atom. The largest absolute Gasteiger partial charge is 0.433 e. The van der Waals surface area contributed by atoms with Crippen LogP contribution in [0.15, 0.2) is 12.1 Å². The van der Waals surface area contributed by atoms with Crippen molar-refractivity contribution in [1.82, 2.24) is 4.98 Å². The predicted molar refractivity (Wildman–Crippen MR) is 45.8 cm³/mol. The van der Waals surface area contributed by atoms with Gasteiger partial charge in [0.1, 0.15) is 5.69 Å². The summed E-state index contributed by atoms with van der Waals surface area (Å²) in [4.78, 5) is 3.50. The second kappa shape index (κ2) is 3.46. The number of ether oxygens (including phenoxy) is 1. The summed E-state index contributed by atoms with van der Waals surface area (Å²) in [7, 11) is 0. The molecule has 0 saturated heterocycles. The fraction of sp³-hybridized carbons (Fsp3) is 0.444. The summed E-state index contributed by atoms with van der Waals surface area (Å²) in [5.41, 5.74) is 5.67. The lowest BCUT2D eigenvalue weighted by atomic mass is 10.0. The Balaban J connectivity index is 2.42. The second-order valence-electron chi connectivity index (χ2n) is 3.35. The highest BCUT2D eigenvalue weighted by Gasteiger charge is 2.33. The molecular formula is C9H9F3N2O. The third-order valence-corrected chi connectivity index (χ3v) is 2.24. The minimum atomic E-state index is -4.42. The molecule has 6 heteroatoms. The first-order chi connectivity index (χ1) is 6.98. The summed E-state index contributed by atoms with van der Waals surface area (Å²) in [6.45, 7) is 0.410. The van der Waals surface area contributed by atoms with E-state index < -0.39 is 11.9 Å². The third kappa shape index (κ3) is 1.95. The van der Waals surface area contributed by atoms with Crippen LogP contribution in [0, 0.1) is 0 Å². The van der Waals surface area contributed by atoms with Crippen molar-refractivity contribution in [2.45, 2.75) is 18.8 Å². The van der Waals surface area contributed by atoms with Crippen LogP contribution in [0.1, 0.15) is 23.0 Å². The summed E-state index contributed by atoms with van der Waals surface area (Å²) >= 11 is 0. The molecule has 1 atom stereocenters. The number of nitrogens with two attached hydrogens (primary N) is 1. The van der Waals surface area contributed by atoms with E-state index in [9.17, 15) is 13.2 Å². The maximum atomic E-state index is 12.3. The molecule has 1 aromatic rings. The molecule has 15 heavy (non-hydrogen) atoms. The number of halogens is 3. The average molecular weight is 218 g/mol. The number of aromatic nitrogens is 1. The number of hydrogen-bond acceptors (Lipinski definition) is 3. The zero-order valence-electron chi connectivity index (χ0n) is 7.71. The van der Waals surface area contributed by atoms with E-state index >= 15 is 0 Å². The molecule has 1 aromatic heterocycles. The summed E-state index contributed by atoms with van der Waals surface area (Å²) in [6, 6.07) is 1.94. The van der Waals surface area contributed by atoms with E-state index in [2.05, 4.69) is 4.98 Å². The smallest absolute Gasteiger partial charge is 0.373 e. The average Bonchev–Trinajstić information content (AvgIpc) is 2.16.